The van der Waals surface area contributed by atoms with E-state index in [1.165, 1.54) is 12.1 Å². The number of para-hydroxylation sites is 1. The molecule has 0 aliphatic heterocycles. The Morgan fingerprint density at radius 3 is 2.33 bits per heavy atom. The van der Waals surface area contributed by atoms with Crippen LogP contribution in [0.1, 0.15) is 15.9 Å². The molecule has 2 amide bonds. The molecule has 3 aromatic carbocycles. The lowest BCUT2D eigenvalue weighted by Gasteiger charge is -2.07. The smallest absolute Gasteiger partial charge is 0.255 e. The van der Waals surface area contributed by atoms with Crippen LogP contribution >= 0.6 is 0 Å². The Balaban J connectivity index is 1.53. The van der Waals surface area contributed by atoms with Crippen LogP contribution in [0.25, 0.3) is 16.9 Å². The van der Waals surface area contributed by atoms with Crippen LogP contribution in [0.15, 0.2) is 85.1 Å². The summed E-state index contributed by atoms with van der Waals surface area (Å²) in [5.41, 5.74) is 8.52. The molecule has 0 atom stereocenters. The zero-order valence-electron chi connectivity index (χ0n) is 17.6. The van der Waals surface area contributed by atoms with Gasteiger partial charge in [0.2, 0.25) is 0 Å². The largest absolute Gasteiger partial charge is 0.484 e. The lowest BCUT2D eigenvalue weighted by atomic mass is 10.1. The molecule has 166 valence electrons. The second-order valence-electron chi connectivity index (χ2n) is 7.25. The summed E-state index contributed by atoms with van der Waals surface area (Å²) in [6, 6.07) is 22.0. The molecule has 3 N–H and O–H groups in total. The van der Waals surface area contributed by atoms with Gasteiger partial charge in [-0.25, -0.2) is 9.07 Å². The van der Waals surface area contributed by atoms with Crippen molar-refractivity contribution in [1.29, 1.82) is 0 Å². The van der Waals surface area contributed by atoms with E-state index in [0.29, 0.717) is 17.0 Å². The summed E-state index contributed by atoms with van der Waals surface area (Å²) in [4.78, 5) is 23.5. The van der Waals surface area contributed by atoms with Crippen molar-refractivity contribution in [2.24, 2.45) is 5.73 Å². The number of halogens is 1. The molecule has 1 aromatic heterocycles. The van der Waals surface area contributed by atoms with Crippen LogP contribution in [0, 0.1) is 5.82 Å². The first-order chi connectivity index (χ1) is 16.0. The summed E-state index contributed by atoms with van der Waals surface area (Å²) in [5, 5.41) is 7.56. The third-order valence-electron chi connectivity index (χ3n) is 4.87. The number of benzene rings is 3. The van der Waals surface area contributed by atoms with E-state index in [1.54, 1.807) is 41.1 Å². The Bertz CT molecular complexity index is 1250. The number of hydrogen-bond donors (Lipinski definition) is 2. The van der Waals surface area contributed by atoms with Gasteiger partial charge in [-0.05, 0) is 60.7 Å². The van der Waals surface area contributed by atoms with E-state index in [2.05, 4.69) is 10.4 Å². The summed E-state index contributed by atoms with van der Waals surface area (Å²) in [6.45, 7) is -0.0125. The zero-order chi connectivity index (χ0) is 23.2. The number of ether oxygens (including phenoxy) is 1. The van der Waals surface area contributed by atoms with Crippen molar-refractivity contribution in [2.45, 2.75) is 6.54 Å². The molecule has 0 aliphatic carbocycles. The quantitative estimate of drug-likeness (QED) is 0.435. The zero-order valence-corrected chi connectivity index (χ0v) is 17.6. The Morgan fingerprint density at radius 1 is 0.970 bits per heavy atom. The predicted octanol–water partition coefficient (Wildman–Crippen LogP) is 3.47. The minimum Gasteiger partial charge on any atom is -0.484 e. The highest BCUT2D eigenvalue weighted by molar-refractivity contribution is 5.94. The fourth-order valence-electron chi connectivity index (χ4n) is 3.24. The first-order valence-electron chi connectivity index (χ1n) is 10.2. The van der Waals surface area contributed by atoms with E-state index in [9.17, 15) is 14.0 Å². The number of primary amides is 1. The van der Waals surface area contributed by atoms with Gasteiger partial charge in [0.1, 0.15) is 11.6 Å². The number of nitrogens with two attached hydrogens (primary N) is 1. The Kier molecular flexibility index (Phi) is 6.45. The molecule has 0 unspecified atom stereocenters. The minimum absolute atomic E-state index is 0.221. The molecule has 0 spiro atoms. The number of aromatic nitrogens is 2. The lowest BCUT2D eigenvalue weighted by Crippen LogP contribution is -2.23. The molecule has 0 aliphatic rings. The highest BCUT2D eigenvalue weighted by Crippen LogP contribution is 2.24. The maximum Gasteiger partial charge on any atom is 0.255 e. The van der Waals surface area contributed by atoms with Crippen LogP contribution in [0.2, 0.25) is 0 Å². The highest BCUT2D eigenvalue weighted by Gasteiger charge is 2.14. The van der Waals surface area contributed by atoms with Crippen molar-refractivity contribution in [3.05, 3.63) is 102 Å². The van der Waals surface area contributed by atoms with E-state index >= 15 is 0 Å². The fourth-order valence-corrected chi connectivity index (χ4v) is 3.24. The maximum absolute atomic E-state index is 13.4. The van der Waals surface area contributed by atoms with Gasteiger partial charge in [-0.2, -0.15) is 5.10 Å². The minimum atomic E-state index is -0.579. The highest BCUT2D eigenvalue weighted by atomic mass is 19.1. The fraction of sp³-hybridized carbons (Fsp3) is 0.0800. The molecule has 0 radical (unpaired) electrons. The van der Waals surface area contributed by atoms with Crippen LogP contribution in [-0.2, 0) is 11.3 Å². The van der Waals surface area contributed by atoms with Gasteiger partial charge in [0.05, 0.1) is 11.4 Å². The van der Waals surface area contributed by atoms with E-state index in [-0.39, 0.29) is 24.9 Å². The lowest BCUT2D eigenvalue weighted by molar-refractivity contribution is -0.119. The molecule has 0 saturated heterocycles. The first-order valence-corrected chi connectivity index (χ1v) is 10.2. The van der Waals surface area contributed by atoms with Gasteiger partial charge in [0.15, 0.2) is 6.61 Å². The number of rotatable bonds is 8. The molecular weight excluding hydrogens is 423 g/mol. The van der Waals surface area contributed by atoms with Gasteiger partial charge in [-0.3, -0.25) is 9.59 Å². The number of nitrogens with zero attached hydrogens (tertiary/aromatic N) is 2. The summed E-state index contributed by atoms with van der Waals surface area (Å²) in [6.07, 6.45) is 1.84. The van der Waals surface area contributed by atoms with Crippen LogP contribution in [0.3, 0.4) is 0 Å². The van der Waals surface area contributed by atoms with Crippen molar-refractivity contribution < 1.29 is 18.7 Å². The average molecular weight is 444 g/mol. The summed E-state index contributed by atoms with van der Waals surface area (Å²) in [7, 11) is 0. The van der Waals surface area contributed by atoms with Crippen molar-refractivity contribution in [2.75, 3.05) is 6.61 Å². The second-order valence-corrected chi connectivity index (χ2v) is 7.25. The van der Waals surface area contributed by atoms with Gasteiger partial charge in [-0.1, -0.05) is 18.2 Å². The first kappa shape index (κ1) is 21.8. The maximum atomic E-state index is 13.4. The Morgan fingerprint density at radius 2 is 1.67 bits per heavy atom. The van der Waals surface area contributed by atoms with Crippen LogP contribution in [0.5, 0.6) is 5.75 Å². The molecule has 4 rings (SSSR count). The molecular formula is C25H21FN4O3. The number of hydrogen-bond acceptors (Lipinski definition) is 4. The number of carbonyl (C=O) groups is 2. The summed E-state index contributed by atoms with van der Waals surface area (Å²) in [5.74, 6) is -0.758. The summed E-state index contributed by atoms with van der Waals surface area (Å²) >= 11 is 0. The van der Waals surface area contributed by atoms with E-state index in [1.807, 2.05) is 36.5 Å². The van der Waals surface area contributed by atoms with Crippen molar-refractivity contribution in [3.63, 3.8) is 0 Å². The Labute approximate surface area is 189 Å². The van der Waals surface area contributed by atoms with Crippen molar-refractivity contribution in [1.82, 2.24) is 15.1 Å². The molecule has 0 fully saturated rings. The van der Waals surface area contributed by atoms with Crippen LogP contribution in [-0.4, -0.2) is 28.2 Å². The number of amides is 2. The number of nitrogens with one attached hydrogen (secondary N) is 1. The third kappa shape index (κ3) is 5.43. The van der Waals surface area contributed by atoms with Gasteiger partial charge in [-0.15, -0.1) is 0 Å². The summed E-state index contributed by atoms with van der Waals surface area (Å²) < 4.78 is 20.3. The molecule has 1 heterocycles. The molecule has 8 heteroatoms. The molecule has 33 heavy (non-hydrogen) atoms. The van der Waals surface area contributed by atoms with Crippen LogP contribution < -0.4 is 15.8 Å². The monoisotopic (exact) mass is 444 g/mol. The average Bonchev–Trinajstić information content (AvgIpc) is 3.27. The van der Waals surface area contributed by atoms with Crippen molar-refractivity contribution >= 4 is 11.8 Å². The van der Waals surface area contributed by atoms with Crippen LogP contribution in [0.4, 0.5) is 4.39 Å². The van der Waals surface area contributed by atoms with Gasteiger partial charge in [0, 0.05) is 29.4 Å². The topological polar surface area (TPSA) is 99.2 Å². The molecule has 7 nitrogen and oxygen atoms in total. The van der Waals surface area contributed by atoms with Gasteiger partial charge >= 0.3 is 0 Å². The molecule has 0 saturated carbocycles. The van der Waals surface area contributed by atoms with E-state index in [0.717, 1.165) is 16.8 Å². The van der Waals surface area contributed by atoms with Gasteiger partial charge < -0.3 is 15.8 Å². The van der Waals surface area contributed by atoms with E-state index < -0.39 is 5.91 Å². The standard InChI is InChI=1S/C25H21FN4O3/c26-20-10-6-17(7-11-20)24-19(15-30(29-24)21-4-2-1-3-5-21)14-28-25(32)18-8-12-22(13-9-18)33-16-23(27)31/h1-13,15H,14,16H2,(H2,27,31)(H,28,32). The Hall–Kier alpha value is -4.46. The molecule has 4 aromatic rings. The predicted molar refractivity (Wildman–Crippen MR) is 121 cm³/mol. The third-order valence-corrected chi connectivity index (χ3v) is 4.87. The number of carbonyl (C=O) groups excluding carboxylic acids is 2. The van der Waals surface area contributed by atoms with Crippen molar-refractivity contribution in [3.8, 4) is 22.7 Å². The molecule has 0 bridgehead atoms. The van der Waals surface area contributed by atoms with Gasteiger partial charge in [0.25, 0.3) is 11.8 Å². The van der Waals surface area contributed by atoms with E-state index in [4.69, 9.17) is 10.5 Å². The SMILES string of the molecule is NC(=O)COc1ccc(C(=O)NCc2cn(-c3ccccc3)nc2-c2ccc(F)cc2)cc1. The normalized spacial score (nSPS) is 10.6. The second kappa shape index (κ2) is 9.78.